The molecule has 0 aliphatic carbocycles. The Hall–Kier alpha value is -0.860. The molecule has 2 nitrogen and oxygen atoms in total. The molecule has 0 aliphatic heterocycles. The average molecular weight is 193 g/mol. The molecule has 0 amide bonds. The van der Waals surface area contributed by atoms with Crippen molar-refractivity contribution in [2.45, 2.75) is 19.6 Å². The maximum atomic E-state index is 5.17. The Bertz CT molecular complexity index is 242. The molecule has 1 rings (SSSR count). The molecule has 0 aromatic heterocycles. The largest absolute Gasteiger partial charge is 0.355 e. The van der Waals surface area contributed by atoms with Crippen molar-refractivity contribution in [3.05, 3.63) is 41.8 Å². The second-order valence-corrected chi connectivity index (χ2v) is 3.31. The molecule has 1 aromatic rings. The summed E-state index contributed by atoms with van der Waals surface area (Å²) in [5.41, 5.74) is 1.28. The SMILES string of the molecule is COC(OC)[C](C)Cc1ccccc1. The zero-order valence-electron chi connectivity index (χ0n) is 8.99. The van der Waals surface area contributed by atoms with E-state index in [2.05, 4.69) is 12.1 Å². The van der Waals surface area contributed by atoms with Crippen molar-refractivity contribution < 1.29 is 9.47 Å². The van der Waals surface area contributed by atoms with E-state index >= 15 is 0 Å². The molecule has 0 unspecified atom stereocenters. The number of ether oxygens (including phenoxy) is 2. The van der Waals surface area contributed by atoms with Gasteiger partial charge in [-0.25, -0.2) is 0 Å². The number of rotatable bonds is 5. The highest BCUT2D eigenvalue weighted by Crippen LogP contribution is 2.16. The molecule has 0 saturated heterocycles. The van der Waals surface area contributed by atoms with Crippen LogP contribution in [0.1, 0.15) is 12.5 Å². The summed E-state index contributed by atoms with van der Waals surface area (Å²) >= 11 is 0. The lowest BCUT2D eigenvalue weighted by Crippen LogP contribution is -2.22. The lowest BCUT2D eigenvalue weighted by atomic mass is 10.0. The van der Waals surface area contributed by atoms with Crippen LogP contribution in [0.15, 0.2) is 30.3 Å². The standard InChI is InChI=1S/C12H17O2/c1-10(12(13-2)14-3)9-11-7-5-4-6-8-11/h4-8,12H,9H2,1-3H3. The van der Waals surface area contributed by atoms with Gasteiger partial charge in [-0.1, -0.05) is 37.3 Å². The molecule has 77 valence electrons. The first-order chi connectivity index (χ1) is 6.77. The summed E-state index contributed by atoms with van der Waals surface area (Å²) in [7, 11) is 3.31. The fraction of sp³-hybridized carbons (Fsp3) is 0.417. The first kappa shape index (κ1) is 11.2. The van der Waals surface area contributed by atoms with Gasteiger partial charge in [-0.2, -0.15) is 0 Å². The summed E-state index contributed by atoms with van der Waals surface area (Å²) in [5, 5.41) is 0. The molecule has 0 N–H and O–H groups in total. The first-order valence-electron chi connectivity index (χ1n) is 4.69. The van der Waals surface area contributed by atoms with Gasteiger partial charge in [0.1, 0.15) is 0 Å². The van der Waals surface area contributed by atoms with Crippen LogP contribution in [0.4, 0.5) is 0 Å². The molecule has 0 spiro atoms. The highest BCUT2D eigenvalue weighted by atomic mass is 16.7. The third-order valence-corrected chi connectivity index (χ3v) is 2.16. The zero-order valence-corrected chi connectivity index (χ0v) is 8.99. The van der Waals surface area contributed by atoms with E-state index < -0.39 is 0 Å². The molecule has 1 aromatic carbocycles. The second-order valence-electron chi connectivity index (χ2n) is 3.31. The minimum atomic E-state index is -0.199. The van der Waals surface area contributed by atoms with Gasteiger partial charge in [0.2, 0.25) is 0 Å². The second kappa shape index (κ2) is 5.78. The van der Waals surface area contributed by atoms with Crippen molar-refractivity contribution in [2.24, 2.45) is 0 Å². The van der Waals surface area contributed by atoms with Crippen LogP contribution in [-0.2, 0) is 15.9 Å². The van der Waals surface area contributed by atoms with Crippen LogP contribution in [0.25, 0.3) is 0 Å². The summed E-state index contributed by atoms with van der Waals surface area (Å²) in [6.07, 6.45) is 0.697. The Morgan fingerprint density at radius 2 is 1.71 bits per heavy atom. The van der Waals surface area contributed by atoms with Crippen molar-refractivity contribution >= 4 is 0 Å². The molecule has 0 saturated carbocycles. The van der Waals surface area contributed by atoms with Crippen LogP contribution in [0.5, 0.6) is 0 Å². The first-order valence-corrected chi connectivity index (χ1v) is 4.69. The van der Waals surface area contributed by atoms with Crippen LogP contribution in [0.2, 0.25) is 0 Å². The van der Waals surface area contributed by atoms with Gasteiger partial charge in [-0.15, -0.1) is 0 Å². The lowest BCUT2D eigenvalue weighted by Gasteiger charge is -2.20. The fourth-order valence-electron chi connectivity index (χ4n) is 1.50. The van der Waals surface area contributed by atoms with Crippen molar-refractivity contribution in [3.8, 4) is 0 Å². The maximum absolute atomic E-state index is 5.17. The summed E-state index contributed by atoms with van der Waals surface area (Å²) in [4.78, 5) is 0. The number of hydrogen-bond donors (Lipinski definition) is 0. The number of benzene rings is 1. The quantitative estimate of drug-likeness (QED) is 0.669. The van der Waals surface area contributed by atoms with E-state index in [1.807, 2.05) is 25.1 Å². The molecule has 14 heavy (non-hydrogen) atoms. The minimum Gasteiger partial charge on any atom is -0.355 e. The van der Waals surface area contributed by atoms with E-state index in [0.29, 0.717) is 0 Å². The summed E-state index contributed by atoms with van der Waals surface area (Å²) in [6, 6.07) is 10.3. The van der Waals surface area contributed by atoms with Gasteiger partial charge in [0.15, 0.2) is 6.29 Å². The third-order valence-electron chi connectivity index (χ3n) is 2.16. The minimum absolute atomic E-state index is 0.199. The van der Waals surface area contributed by atoms with Gasteiger partial charge in [-0.3, -0.25) is 0 Å². The molecular weight excluding hydrogens is 176 g/mol. The van der Waals surface area contributed by atoms with Crippen molar-refractivity contribution in [3.63, 3.8) is 0 Å². The monoisotopic (exact) mass is 193 g/mol. The average Bonchev–Trinajstić information content (AvgIpc) is 2.21. The Morgan fingerprint density at radius 3 is 2.21 bits per heavy atom. The fourth-order valence-corrected chi connectivity index (χ4v) is 1.50. The summed E-state index contributed by atoms with van der Waals surface area (Å²) in [6.45, 7) is 2.05. The lowest BCUT2D eigenvalue weighted by molar-refractivity contribution is -0.0908. The Kier molecular flexibility index (Phi) is 4.63. The zero-order chi connectivity index (χ0) is 10.4. The number of methoxy groups -OCH3 is 2. The van der Waals surface area contributed by atoms with Crippen molar-refractivity contribution in [1.29, 1.82) is 0 Å². The Morgan fingerprint density at radius 1 is 1.14 bits per heavy atom. The van der Waals surface area contributed by atoms with Gasteiger partial charge in [0, 0.05) is 20.1 Å². The van der Waals surface area contributed by atoms with Crippen LogP contribution in [0, 0.1) is 5.92 Å². The highest BCUT2D eigenvalue weighted by Gasteiger charge is 2.16. The molecule has 0 aliphatic rings. The third kappa shape index (κ3) is 3.13. The molecule has 0 heterocycles. The summed E-state index contributed by atoms with van der Waals surface area (Å²) in [5.74, 6) is 1.18. The van der Waals surface area contributed by atoms with E-state index in [9.17, 15) is 0 Å². The van der Waals surface area contributed by atoms with E-state index in [0.717, 1.165) is 6.42 Å². The van der Waals surface area contributed by atoms with Gasteiger partial charge < -0.3 is 9.47 Å². The van der Waals surface area contributed by atoms with Gasteiger partial charge in [-0.05, 0) is 12.0 Å². The Labute approximate surface area is 85.8 Å². The van der Waals surface area contributed by atoms with Crippen LogP contribution < -0.4 is 0 Å². The summed E-state index contributed by atoms with van der Waals surface area (Å²) < 4.78 is 10.3. The van der Waals surface area contributed by atoms with E-state index in [1.54, 1.807) is 14.2 Å². The predicted octanol–water partition coefficient (Wildman–Crippen LogP) is 2.44. The maximum Gasteiger partial charge on any atom is 0.163 e. The van der Waals surface area contributed by atoms with Gasteiger partial charge >= 0.3 is 0 Å². The van der Waals surface area contributed by atoms with Gasteiger partial charge in [0.25, 0.3) is 0 Å². The molecular formula is C12H17O2. The molecule has 2 heteroatoms. The van der Waals surface area contributed by atoms with Crippen molar-refractivity contribution in [2.75, 3.05) is 14.2 Å². The van der Waals surface area contributed by atoms with Crippen LogP contribution in [0.3, 0.4) is 0 Å². The van der Waals surface area contributed by atoms with E-state index in [1.165, 1.54) is 11.5 Å². The van der Waals surface area contributed by atoms with E-state index in [4.69, 9.17) is 9.47 Å². The highest BCUT2D eigenvalue weighted by molar-refractivity contribution is 5.19. The smallest absolute Gasteiger partial charge is 0.163 e. The predicted molar refractivity (Wildman–Crippen MR) is 56.9 cm³/mol. The Balaban J connectivity index is 2.52. The topological polar surface area (TPSA) is 18.5 Å². The normalized spacial score (nSPS) is 11.2. The van der Waals surface area contributed by atoms with Crippen molar-refractivity contribution in [1.82, 2.24) is 0 Å². The molecule has 0 bridgehead atoms. The van der Waals surface area contributed by atoms with Crippen LogP contribution >= 0.6 is 0 Å². The van der Waals surface area contributed by atoms with E-state index in [-0.39, 0.29) is 6.29 Å². The van der Waals surface area contributed by atoms with Crippen LogP contribution in [-0.4, -0.2) is 20.5 Å². The molecule has 0 fully saturated rings. The molecule has 1 radical (unpaired) electrons. The van der Waals surface area contributed by atoms with Gasteiger partial charge in [0.05, 0.1) is 0 Å². The number of hydrogen-bond acceptors (Lipinski definition) is 2. The molecule has 0 atom stereocenters.